The maximum atomic E-state index is 4.29. The molecule has 0 fully saturated rings. The Bertz CT molecular complexity index is 468. The molecule has 2 heterocycles. The van der Waals surface area contributed by atoms with Crippen LogP contribution < -0.4 is 5.32 Å². The topological polar surface area (TPSA) is 50.7 Å². The van der Waals surface area contributed by atoms with Gasteiger partial charge in [0.15, 0.2) is 0 Å². The molecule has 2 rings (SSSR count). The first kappa shape index (κ1) is 10.5. The molecule has 0 saturated heterocycles. The summed E-state index contributed by atoms with van der Waals surface area (Å²) in [5.41, 5.74) is 3.11. The fourth-order valence-electron chi connectivity index (χ4n) is 1.59. The smallest absolute Gasteiger partial charge is 0.132 e. The van der Waals surface area contributed by atoms with Crippen molar-refractivity contribution in [1.82, 2.24) is 15.0 Å². The Kier molecular flexibility index (Phi) is 3.10. The molecular weight excluding hydrogens is 200 g/mol. The molecule has 82 valence electrons. The van der Waals surface area contributed by atoms with E-state index >= 15 is 0 Å². The lowest BCUT2D eigenvalue weighted by Gasteiger charge is -2.08. The number of nitrogens with zero attached hydrogens (tertiary/aromatic N) is 3. The first-order chi connectivity index (χ1) is 7.81. The maximum Gasteiger partial charge on any atom is 0.132 e. The standard InChI is InChI=1S/C12H14N4/c1-9-11(15-8-16-12(9)13-2)7-10-5-3-4-6-14-10/h3-6,8H,7H2,1-2H3,(H,13,15,16). The third kappa shape index (κ3) is 2.16. The van der Waals surface area contributed by atoms with Crippen molar-refractivity contribution < 1.29 is 0 Å². The molecule has 0 saturated carbocycles. The van der Waals surface area contributed by atoms with Crippen LogP contribution in [0.2, 0.25) is 0 Å². The third-order valence-corrected chi connectivity index (χ3v) is 2.50. The van der Waals surface area contributed by atoms with Gasteiger partial charge in [-0.25, -0.2) is 9.97 Å². The molecular formula is C12H14N4. The van der Waals surface area contributed by atoms with Crippen molar-refractivity contribution in [3.8, 4) is 0 Å². The zero-order valence-corrected chi connectivity index (χ0v) is 9.44. The van der Waals surface area contributed by atoms with Gasteiger partial charge in [0.2, 0.25) is 0 Å². The van der Waals surface area contributed by atoms with Gasteiger partial charge in [0.05, 0.1) is 5.69 Å². The van der Waals surface area contributed by atoms with Crippen LogP contribution in [0.4, 0.5) is 5.82 Å². The summed E-state index contributed by atoms with van der Waals surface area (Å²) in [5.74, 6) is 0.876. The number of hydrogen-bond acceptors (Lipinski definition) is 4. The molecule has 0 aliphatic heterocycles. The van der Waals surface area contributed by atoms with Crippen molar-refractivity contribution in [3.05, 3.63) is 47.7 Å². The van der Waals surface area contributed by atoms with Crippen molar-refractivity contribution in [2.24, 2.45) is 0 Å². The summed E-state index contributed by atoms with van der Waals surface area (Å²) in [6.45, 7) is 2.02. The largest absolute Gasteiger partial charge is 0.373 e. The highest BCUT2D eigenvalue weighted by Gasteiger charge is 2.06. The minimum Gasteiger partial charge on any atom is -0.373 e. The van der Waals surface area contributed by atoms with Gasteiger partial charge in [-0.15, -0.1) is 0 Å². The highest BCUT2D eigenvalue weighted by atomic mass is 15.0. The van der Waals surface area contributed by atoms with Gasteiger partial charge in [0.25, 0.3) is 0 Å². The lowest BCUT2D eigenvalue weighted by atomic mass is 10.1. The first-order valence-electron chi connectivity index (χ1n) is 5.19. The molecule has 0 radical (unpaired) electrons. The molecule has 0 atom stereocenters. The highest BCUT2D eigenvalue weighted by molar-refractivity contribution is 5.45. The number of anilines is 1. The quantitative estimate of drug-likeness (QED) is 0.846. The van der Waals surface area contributed by atoms with Gasteiger partial charge in [0, 0.05) is 30.9 Å². The summed E-state index contributed by atoms with van der Waals surface area (Å²) in [5, 5.41) is 3.05. The Hall–Kier alpha value is -1.97. The summed E-state index contributed by atoms with van der Waals surface area (Å²) < 4.78 is 0. The molecule has 0 aromatic carbocycles. The van der Waals surface area contributed by atoms with Crippen LogP contribution in [0.25, 0.3) is 0 Å². The van der Waals surface area contributed by atoms with Crippen LogP contribution in [0.1, 0.15) is 17.0 Å². The van der Waals surface area contributed by atoms with E-state index in [4.69, 9.17) is 0 Å². The predicted octanol–water partition coefficient (Wildman–Crippen LogP) is 1.81. The van der Waals surface area contributed by atoms with Crippen molar-refractivity contribution in [2.45, 2.75) is 13.3 Å². The Morgan fingerprint density at radius 2 is 2.06 bits per heavy atom. The summed E-state index contributed by atoms with van der Waals surface area (Å²) in [4.78, 5) is 12.7. The summed E-state index contributed by atoms with van der Waals surface area (Å²) >= 11 is 0. The van der Waals surface area contributed by atoms with E-state index in [0.717, 1.165) is 29.2 Å². The number of rotatable bonds is 3. The summed E-state index contributed by atoms with van der Waals surface area (Å²) in [6, 6.07) is 5.90. The average Bonchev–Trinajstić information content (AvgIpc) is 2.33. The molecule has 0 aliphatic carbocycles. The predicted molar refractivity (Wildman–Crippen MR) is 63.4 cm³/mol. The average molecular weight is 214 g/mol. The van der Waals surface area contributed by atoms with Gasteiger partial charge < -0.3 is 5.32 Å². The molecule has 1 N–H and O–H groups in total. The molecule has 0 aliphatic rings. The molecule has 16 heavy (non-hydrogen) atoms. The lowest BCUT2D eigenvalue weighted by Crippen LogP contribution is -2.03. The molecule has 4 nitrogen and oxygen atoms in total. The van der Waals surface area contributed by atoms with Crippen molar-refractivity contribution in [3.63, 3.8) is 0 Å². The molecule has 0 bridgehead atoms. The fourth-order valence-corrected chi connectivity index (χ4v) is 1.59. The van der Waals surface area contributed by atoms with Gasteiger partial charge >= 0.3 is 0 Å². The van der Waals surface area contributed by atoms with E-state index < -0.39 is 0 Å². The zero-order chi connectivity index (χ0) is 11.4. The Balaban J connectivity index is 2.28. The van der Waals surface area contributed by atoms with Gasteiger partial charge in [-0.2, -0.15) is 0 Å². The van der Waals surface area contributed by atoms with Crippen LogP contribution >= 0.6 is 0 Å². The van der Waals surface area contributed by atoms with Crippen LogP contribution in [0.3, 0.4) is 0 Å². The van der Waals surface area contributed by atoms with Gasteiger partial charge in [-0.1, -0.05) is 6.07 Å². The second-order valence-corrected chi connectivity index (χ2v) is 3.54. The van der Waals surface area contributed by atoms with Crippen LogP contribution in [0, 0.1) is 6.92 Å². The maximum absolute atomic E-state index is 4.29. The Morgan fingerprint density at radius 1 is 1.19 bits per heavy atom. The van der Waals surface area contributed by atoms with Gasteiger partial charge in [-0.3, -0.25) is 4.98 Å². The van der Waals surface area contributed by atoms with E-state index in [2.05, 4.69) is 20.3 Å². The van der Waals surface area contributed by atoms with Gasteiger partial charge in [-0.05, 0) is 19.1 Å². The Morgan fingerprint density at radius 3 is 2.75 bits per heavy atom. The number of aromatic nitrogens is 3. The van der Waals surface area contributed by atoms with Crippen molar-refractivity contribution >= 4 is 5.82 Å². The monoisotopic (exact) mass is 214 g/mol. The SMILES string of the molecule is CNc1ncnc(Cc2ccccn2)c1C. The molecule has 0 amide bonds. The molecule has 0 spiro atoms. The number of nitrogens with one attached hydrogen (secondary N) is 1. The van der Waals surface area contributed by atoms with Crippen LogP contribution in [0.5, 0.6) is 0 Å². The molecule has 2 aromatic rings. The van der Waals surface area contributed by atoms with Crippen LogP contribution in [-0.2, 0) is 6.42 Å². The Labute approximate surface area is 94.8 Å². The molecule has 0 unspecified atom stereocenters. The normalized spacial score (nSPS) is 10.1. The van der Waals surface area contributed by atoms with E-state index in [1.165, 1.54) is 0 Å². The number of pyridine rings is 1. The van der Waals surface area contributed by atoms with E-state index in [-0.39, 0.29) is 0 Å². The van der Waals surface area contributed by atoms with Crippen molar-refractivity contribution in [1.29, 1.82) is 0 Å². The summed E-state index contributed by atoms with van der Waals surface area (Å²) in [6.07, 6.45) is 4.12. The van der Waals surface area contributed by atoms with E-state index in [1.54, 1.807) is 12.5 Å². The highest BCUT2D eigenvalue weighted by Crippen LogP contribution is 2.15. The van der Waals surface area contributed by atoms with Crippen LogP contribution in [0.15, 0.2) is 30.7 Å². The minimum absolute atomic E-state index is 0.740. The molecule has 2 aromatic heterocycles. The second kappa shape index (κ2) is 4.70. The fraction of sp³-hybridized carbons (Fsp3) is 0.250. The summed E-state index contributed by atoms with van der Waals surface area (Å²) in [7, 11) is 1.86. The lowest BCUT2D eigenvalue weighted by molar-refractivity contribution is 0.963. The van der Waals surface area contributed by atoms with Crippen LogP contribution in [-0.4, -0.2) is 22.0 Å². The minimum atomic E-state index is 0.740. The van der Waals surface area contributed by atoms with E-state index in [0.29, 0.717) is 0 Å². The number of hydrogen-bond donors (Lipinski definition) is 1. The van der Waals surface area contributed by atoms with E-state index in [9.17, 15) is 0 Å². The van der Waals surface area contributed by atoms with E-state index in [1.807, 2.05) is 32.2 Å². The van der Waals surface area contributed by atoms with Crippen molar-refractivity contribution in [2.75, 3.05) is 12.4 Å². The van der Waals surface area contributed by atoms with Gasteiger partial charge in [0.1, 0.15) is 12.1 Å². The second-order valence-electron chi connectivity index (χ2n) is 3.54. The zero-order valence-electron chi connectivity index (χ0n) is 9.44. The molecule has 4 heteroatoms. The third-order valence-electron chi connectivity index (χ3n) is 2.50. The first-order valence-corrected chi connectivity index (χ1v) is 5.19.